The number of anilines is 1. The minimum absolute atomic E-state index is 0.237. The SMILES string of the molecule is CCSCCCNc1ccc(F)cc1C(=O)OC. The Bertz CT molecular complexity index is 399. The number of benzene rings is 1. The Hall–Kier alpha value is -1.23. The quantitative estimate of drug-likeness (QED) is 0.610. The fourth-order valence-corrected chi connectivity index (χ4v) is 2.13. The summed E-state index contributed by atoms with van der Waals surface area (Å²) in [5.41, 5.74) is 0.852. The molecule has 5 heteroatoms. The van der Waals surface area contributed by atoms with Gasteiger partial charge in [-0.1, -0.05) is 6.92 Å². The van der Waals surface area contributed by atoms with E-state index in [2.05, 4.69) is 17.0 Å². The van der Waals surface area contributed by atoms with Gasteiger partial charge >= 0.3 is 5.97 Å². The Kier molecular flexibility index (Phi) is 6.57. The summed E-state index contributed by atoms with van der Waals surface area (Å²) in [6.07, 6.45) is 0.997. The van der Waals surface area contributed by atoms with Crippen LogP contribution in [0.1, 0.15) is 23.7 Å². The van der Waals surface area contributed by atoms with Gasteiger partial charge in [-0.05, 0) is 36.1 Å². The van der Waals surface area contributed by atoms with Gasteiger partial charge in [0, 0.05) is 12.2 Å². The van der Waals surface area contributed by atoms with Gasteiger partial charge in [0.05, 0.1) is 12.7 Å². The van der Waals surface area contributed by atoms with Crippen LogP contribution in [0.2, 0.25) is 0 Å². The van der Waals surface area contributed by atoms with Crippen molar-refractivity contribution in [3.63, 3.8) is 0 Å². The molecule has 1 rings (SSSR count). The van der Waals surface area contributed by atoms with Crippen LogP contribution in [0.25, 0.3) is 0 Å². The predicted molar refractivity (Wildman–Crippen MR) is 73.8 cm³/mol. The summed E-state index contributed by atoms with van der Waals surface area (Å²) in [4.78, 5) is 11.5. The number of hydrogen-bond donors (Lipinski definition) is 1. The second kappa shape index (κ2) is 7.97. The van der Waals surface area contributed by atoms with Crippen molar-refractivity contribution in [1.82, 2.24) is 0 Å². The molecule has 0 aliphatic heterocycles. The van der Waals surface area contributed by atoms with Crippen molar-refractivity contribution < 1.29 is 13.9 Å². The lowest BCUT2D eigenvalue weighted by Gasteiger charge is -2.10. The molecule has 18 heavy (non-hydrogen) atoms. The third kappa shape index (κ3) is 4.56. The molecule has 1 aromatic rings. The molecule has 0 spiro atoms. The number of thioether (sulfide) groups is 1. The molecule has 0 aromatic heterocycles. The van der Waals surface area contributed by atoms with E-state index >= 15 is 0 Å². The van der Waals surface area contributed by atoms with Crippen molar-refractivity contribution >= 4 is 23.4 Å². The Balaban J connectivity index is 2.61. The van der Waals surface area contributed by atoms with Gasteiger partial charge < -0.3 is 10.1 Å². The summed E-state index contributed by atoms with van der Waals surface area (Å²) in [5.74, 6) is 1.20. The molecule has 1 N–H and O–H groups in total. The first-order valence-corrected chi connectivity index (χ1v) is 7.04. The summed E-state index contributed by atoms with van der Waals surface area (Å²) < 4.78 is 17.7. The highest BCUT2D eigenvalue weighted by atomic mass is 32.2. The minimum atomic E-state index is -0.528. The molecule has 0 bridgehead atoms. The topological polar surface area (TPSA) is 38.3 Å². The average molecular weight is 271 g/mol. The van der Waals surface area contributed by atoms with E-state index in [1.165, 1.54) is 19.2 Å². The van der Waals surface area contributed by atoms with Crippen molar-refractivity contribution in [3.8, 4) is 0 Å². The number of hydrogen-bond acceptors (Lipinski definition) is 4. The lowest BCUT2D eigenvalue weighted by Crippen LogP contribution is -2.10. The summed E-state index contributed by atoms with van der Waals surface area (Å²) in [6, 6.07) is 4.08. The van der Waals surface area contributed by atoms with Crippen LogP contribution in [-0.4, -0.2) is 31.1 Å². The zero-order valence-electron chi connectivity index (χ0n) is 10.7. The maximum Gasteiger partial charge on any atom is 0.340 e. The first-order valence-electron chi connectivity index (χ1n) is 5.88. The molecule has 100 valence electrons. The van der Waals surface area contributed by atoms with Crippen LogP contribution in [0.4, 0.5) is 10.1 Å². The first-order chi connectivity index (χ1) is 8.69. The number of esters is 1. The highest BCUT2D eigenvalue weighted by Gasteiger charge is 2.12. The number of ether oxygens (including phenoxy) is 1. The van der Waals surface area contributed by atoms with Crippen molar-refractivity contribution in [2.75, 3.05) is 30.5 Å². The van der Waals surface area contributed by atoms with Gasteiger partial charge in [-0.25, -0.2) is 9.18 Å². The predicted octanol–water partition coefficient (Wildman–Crippen LogP) is 3.17. The molecule has 0 aliphatic rings. The second-order valence-electron chi connectivity index (χ2n) is 3.66. The van der Waals surface area contributed by atoms with Gasteiger partial charge in [0.1, 0.15) is 5.82 Å². The minimum Gasteiger partial charge on any atom is -0.465 e. The van der Waals surface area contributed by atoms with Gasteiger partial charge in [-0.2, -0.15) is 11.8 Å². The lowest BCUT2D eigenvalue weighted by molar-refractivity contribution is 0.0601. The third-order valence-corrected chi connectivity index (χ3v) is 3.36. The zero-order chi connectivity index (χ0) is 13.4. The van der Waals surface area contributed by atoms with Crippen LogP contribution in [0.5, 0.6) is 0 Å². The van der Waals surface area contributed by atoms with Crippen molar-refractivity contribution in [2.45, 2.75) is 13.3 Å². The van der Waals surface area contributed by atoms with Gasteiger partial charge in [-0.3, -0.25) is 0 Å². The molecule has 0 aliphatic carbocycles. The standard InChI is InChI=1S/C13H18FNO2S/c1-3-18-8-4-7-15-12-6-5-10(14)9-11(12)13(16)17-2/h5-6,9,15H,3-4,7-8H2,1-2H3. The molecule has 0 radical (unpaired) electrons. The van der Waals surface area contributed by atoms with Crippen LogP contribution < -0.4 is 5.32 Å². The number of carbonyl (C=O) groups is 1. The molecule has 3 nitrogen and oxygen atoms in total. The molecule has 0 unspecified atom stereocenters. The molecule has 0 fully saturated rings. The number of halogens is 1. The van der Waals surface area contributed by atoms with Crippen LogP contribution >= 0.6 is 11.8 Å². The number of nitrogens with one attached hydrogen (secondary N) is 1. The Morgan fingerprint density at radius 1 is 1.50 bits per heavy atom. The molecular weight excluding hydrogens is 253 g/mol. The van der Waals surface area contributed by atoms with E-state index in [0.717, 1.165) is 24.5 Å². The van der Waals surface area contributed by atoms with E-state index in [-0.39, 0.29) is 5.56 Å². The molecular formula is C13H18FNO2S. The van der Waals surface area contributed by atoms with Gasteiger partial charge in [0.15, 0.2) is 0 Å². The van der Waals surface area contributed by atoms with Gasteiger partial charge in [-0.15, -0.1) is 0 Å². The monoisotopic (exact) mass is 271 g/mol. The van der Waals surface area contributed by atoms with Crippen molar-refractivity contribution in [2.24, 2.45) is 0 Å². The normalized spacial score (nSPS) is 10.2. The first kappa shape index (κ1) is 14.8. The molecule has 0 atom stereocenters. The van der Waals surface area contributed by atoms with Crippen LogP contribution in [-0.2, 0) is 4.74 Å². The van der Waals surface area contributed by atoms with E-state index in [9.17, 15) is 9.18 Å². The maximum absolute atomic E-state index is 13.1. The number of methoxy groups -OCH3 is 1. The Morgan fingerprint density at radius 2 is 2.28 bits per heavy atom. The maximum atomic E-state index is 13.1. The lowest BCUT2D eigenvalue weighted by atomic mass is 10.1. The molecule has 0 amide bonds. The van der Waals surface area contributed by atoms with E-state index in [0.29, 0.717) is 5.69 Å². The van der Waals surface area contributed by atoms with Crippen LogP contribution in [0.15, 0.2) is 18.2 Å². The van der Waals surface area contributed by atoms with Crippen LogP contribution in [0.3, 0.4) is 0 Å². The Labute approximate surface area is 111 Å². The van der Waals surface area contributed by atoms with Crippen LogP contribution in [0, 0.1) is 5.82 Å². The third-order valence-electron chi connectivity index (χ3n) is 2.37. The number of rotatable bonds is 7. The average Bonchev–Trinajstić information content (AvgIpc) is 2.39. The van der Waals surface area contributed by atoms with E-state index in [4.69, 9.17) is 0 Å². The smallest absolute Gasteiger partial charge is 0.340 e. The number of carbonyl (C=O) groups excluding carboxylic acids is 1. The summed E-state index contributed by atoms with van der Waals surface area (Å²) in [7, 11) is 1.29. The largest absolute Gasteiger partial charge is 0.465 e. The van der Waals surface area contributed by atoms with E-state index in [1.54, 1.807) is 6.07 Å². The zero-order valence-corrected chi connectivity index (χ0v) is 11.5. The fraction of sp³-hybridized carbons (Fsp3) is 0.462. The molecule has 1 aromatic carbocycles. The molecule has 0 heterocycles. The molecule has 0 saturated carbocycles. The summed E-state index contributed by atoms with van der Waals surface area (Å²) >= 11 is 1.87. The highest BCUT2D eigenvalue weighted by Crippen LogP contribution is 2.18. The van der Waals surface area contributed by atoms with Crippen molar-refractivity contribution in [1.29, 1.82) is 0 Å². The Morgan fingerprint density at radius 3 is 2.94 bits per heavy atom. The van der Waals surface area contributed by atoms with E-state index in [1.807, 2.05) is 11.8 Å². The summed E-state index contributed by atoms with van der Waals surface area (Å²) in [5, 5.41) is 3.13. The highest BCUT2D eigenvalue weighted by molar-refractivity contribution is 7.99. The summed E-state index contributed by atoms with van der Waals surface area (Å²) in [6.45, 7) is 2.87. The van der Waals surface area contributed by atoms with Gasteiger partial charge in [0.25, 0.3) is 0 Å². The van der Waals surface area contributed by atoms with E-state index < -0.39 is 11.8 Å². The molecule has 0 saturated heterocycles. The second-order valence-corrected chi connectivity index (χ2v) is 5.05. The van der Waals surface area contributed by atoms with Gasteiger partial charge in [0.2, 0.25) is 0 Å². The van der Waals surface area contributed by atoms with Crippen molar-refractivity contribution in [3.05, 3.63) is 29.6 Å². The fourth-order valence-electron chi connectivity index (χ4n) is 1.49.